The first kappa shape index (κ1) is 12.3. The standard InChI is InChI=1S/C13H15NO2/c1-3-16-13(15)10(2)12(9-14)11-7-5-4-6-8-11/h4-8,10,12H,3H2,1-2H3/t10-,12-/m1/s1. The number of hydrogen-bond donors (Lipinski definition) is 0. The summed E-state index contributed by atoms with van der Waals surface area (Å²) in [5.74, 6) is -1.20. The largest absolute Gasteiger partial charge is 0.466 e. The maximum absolute atomic E-state index is 11.5. The van der Waals surface area contributed by atoms with Gasteiger partial charge in [-0.2, -0.15) is 5.26 Å². The van der Waals surface area contributed by atoms with E-state index in [9.17, 15) is 4.79 Å². The van der Waals surface area contributed by atoms with Gasteiger partial charge in [-0.15, -0.1) is 0 Å². The van der Waals surface area contributed by atoms with Crippen LogP contribution in [0.5, 0.6) is 0 Å². The van der Waals surface area contributed by atoms with Crippen molar-refractivity contribution in [1.29, 1.82) is 5.26 Å². The SMILES string of the molecule is CCOC(=O)[C@H](C)[C@@H](C#N)c1ccccc1. The molecule has 16 heavy (non-hydrogen) atoms. The molecule has 3 nitrogen and oxygen atoms in total. The molecule has 0 radical (unpaired) electrons. The third-order valence-electron chi connectivity index (χ3n) is 2.46. The summed E-state index contributed by atoms with van der Waals surface area (Å²) in [5, 5.41) is 9.11. The van der Waals surface area contributed by atoms with Crippen LogP contribution in [-0.4, -0.2) is 12.6 Å². The number of ether oxygens (including phenoxy) is 1. The first-order valence-electron chi connectivity index (χ1n) is 5.32. The van der Waals surface area contributed by atoms with Crippen molar-refractivity contribution in [2.75, 3.05) is 6.61 Å². The maximum Gasteiger partial charge on any atom is 0.310 e. The quantitative estimate of drug-likeness (QED) is 0.728. The number of nitriles is 1. The van der Waals surface area contributed by atoms with Gasteiger partial charge in [0.1, 0.15) is 0 Å². The molecule has 0 aliphatic rings. The van der Waals surface area contributed by atoms with Crippen LogP contribution in [0, 0.1) is 17.2 Å². The highest BCUT2D eigenvalue weighted by atomic mass is 16.5. The fraction of sp³-hybridized carbons (Fsp3) is 0.385. The van der Waals surface area contributed by atoms with Crippen molar-refractivity contribution in [3.63, 3.8) is 0 Å². The molecule has 1 rings (SSSR count). The summed E-state index contributed by atoms with van der Waals surface area (Å²) < 4.78 is 4.92. The molecule has 0 fully saturated rings. The second kappa shape index (κ2) is 5.92. The number of esters is 1. The minimum absolute atomic E-state index is 0.321. The molecule has 0 saturated heterocycles. The molecule has 1 aromatic rings. The van der Waals surface area contributed by atoms with Gasteiger partial charge in [0, 0.05) is 0 Å². The van der Waals surface area contributed by atoms with E-state index in [1.165, 1.54) is 0 Å². The normalized spacial score (nSPS) is 13.6. The molecule has 0 unspecified atom stereocenters. The summed E-state index contributed by atoms with van der Waals surface area (Å²) in [4.78, 5) is 11.5. The lowest BCUT2D eigenvalue weighted by Gasteiger charge is -2.16. The molecule has 84 valence electrons. The zero-order chi connectivity index (χ0) is 12.0. The third-order valence-corrected chi connectivity index (χ3v) is 2.46. The van der Waals surface area contributed by atoms with Crippen LogP contribution in [0.4, 0.5) is 0 Å². The first-order valence-corrected chi connectivity index (χ1v) is 5.32. The lowest BCUT2D eigenvalue weighted by atomic mass is 9.88. The summed E-state index contributed by atoms with van der Waals surface area (Å²) in [7, 11) is 0. The van der Waals surface area contributed by atoms with Crippen molar-refractivity contribution in [2.45, 2.75) is 19.8 Å². The molecule has 0 aromatic heterocycles. The molecule has 0 aliphatic heterocycles. The van der Waals surface area contributed by atoms with Crippen LogP contribution >= 0.6 is 0 Å². The minimum Gasteiger partial charge on any atom is -0.466 e. The molecule has 3 heteroatoms. The van der Waals surface area contributed by atoms with Crippen LogP contribution in [0.2, 0.25) is 0 Å². The predicted molar refractivity (Wildman–Crippen MR) is 60.6 cm³/mol. The van der Waals surface area contributed by atoms with Gasteiger partial charge in [-0.3, -0.25) is 4.79 Å². The number of carbonyl (C=O) groups excluding carboxylic acids is 1. The van der Waals surface area contributed by atoms with E-state index in [2.05, 4.69) is 6.07 Å². The first-order chi connectivity index (χ1) is 7.70. The summed E-state index contributed by atoms with van der Waals surface area (Å²) in [6.07, 6.45) is 0. The Morgan fingerprint density at radius 3 is 2.56 bits per heavy atom. The summed E-state index contributed by atoms with van der Waals surface area (Å²) in [5.41, 5.74) is 0.852. The van der Waals surface area contributed by atoms with E-state index < -0.39 is 11.8 Å². The van der Waals surface area contributed by atoms with E-state index in [1.807, 2.05) is 30.3 Å². The van der Waals surface area contributed by atoms with Crippen LogP contribution in [-0.2, 0) is 9.53 Å². The smallest absolute Gasteiger partial charge is 0.310 e. The van der Waals surface area contributed by atoms with E-state index in [0.29, 0.717) is 6.61 Å². The summed E-state index contributed by atoms with van der Waals surface area (Å²) >= 11 is 0. The van der Waals surface area contributed by atoms with Crippen LogP contribution < -0.4 is 0 Å². The second-order valence-corrected chi connectivity index (χ2v) is 3.56. The molecule has 1 aromatic carbocycles. The Bertz CT molecular complexity index is 381. The Labute approximate surface area is 95.7 Å². The van der Waals surface area contributed by atoms with Crippen molar-refractivity contribution < 1.29 is 9.53 Å². The Hall–Kier alpha value is -1.82. The van der Waals surface area contributed by atoms with Crippen molar-refractivity contribution >= 4 is 5.97 Å². The fourth-order valence-electron chi connectivity index (χ4n) is 1.55. The third kappa shape index (κ3) is 2.83. The highest BCUT2D eigenvalue weighted by Gasteiger charge is 2.26. The van der Waals surface area contributed by atoms with Crippen LogP contribution in [0.15, 0.2) is 30.3 Å². The Kier molecular flexibility index (Phi) is 4.53. The van der Waals surface area contributed by atoms with Crippen LogP contribution in [0.3, 0.4) is 0 Å². The number of hydrogen-bond acceptors (Lipinski definition) is 3. The van der Waals surface area contributed by atoms with E-state index in [1.54, 1.807) is 13.8 Å². The zero-order valence-electron chi connectivity index (χ0n) is 9.51. The van der Waals surface area contributed by atoms with Crippen molar-refractivity contribution in [3.8, 4) is 6.07 Å². The molecule has 0 aliphatic carbocycles. The van der Waals surface area contributed by atoms with Gasteiger partial charge in [0.05, 0.1) is 24.5 Å². The molecule has 2 atom stereocenters. The summed E-state index contributed by atoms with van der Waals surface area (Å²) in [6.45, 7) is 3.82. The molecular formula is C13H15NO2. The van der Waals surface area contributed by atoms with Gasteiger partial charge in [0.15, 0.2) is 0 Å². The average Bonchev–Trinajstić information content (AvgIpc) is 2.31. The number of benzene rings is 1. The van der Waals surface area contributed by atoms with E-state index >= 15 is 0 Å². The average molecular weight is 217 g/mol. The van der Waals surface area contributed by atoms with Gasteiger partial charge in [0.2, 0.25) is 0 Å². The minimum atomic E-state index is -0.444. The number of carbonyl (C=O) groups is 1. The molecule has 0 heterocycles. The molecule has 0 amide bonds. The molecular weight excluding hydrogens is 202 g/mol. The van der Waals surface area contributed by atoms with E-state index in [4.69, 9.17) is 10.00 Å². The van der Waals surface area contributed by atoms with Crippen LogP contribution in [0.25, 0.3) is 0 Å². The van der Waals surface area contributed by atoms with Gasteiger partial charge in [-0.05, 0) is 12.5 Å². The van der Waals surface area contributed by atoms with Crippen molar-refractivity contribution in [2.24, 2.45) is 5.92 Å². The topological polar surface area (TPSA) is 50.1 Å². The van der Waals surface area contributed by atoms with Crippen LogP contribution in [0.1, 0.15) is 25.3 Å². The lowest BCUT2D eigenvalue weighted by molar-refractivity contribution is -0.147. The highest BCUT2D eigenvalue weighted by molar-refractivity contribution is 5.74. The van der Waals surface area contributed by atoms with Gasteiger partial charge < -0.3 is 4.74 Å². The molecule has 0 bridgehead atoms. The Balaban J connectivity index is 2.84. The Morgan fingerprint density at radius 1 is 1.44 bits per heavy atom. The van der Waals surface area contributed by atoms with E-state index in [-0.39, 0.29) is 5.97 Å². The second-order valence-electron chi connectivity index (χ2n) is 3.56. The predicted octanol–water partition coefficient (Wildman–Crippen LogP) is 2.49. The zero-order valence-corrected chi connectivity index (χ0v) is 9.51. The van der Waals surface area contributed by atoms with Crippen molar-refractivity contribution in [3.05, 3.63) is 35.9 Å². The monoisotopic (exact) mass is 217 g/mol. The fourth-order valence-corrected chi connectivity index (χ4v) is 1.55. The number of rotatable bonds is 4. The summed E-state index contributed by atoms with van der Waals surface area (Å²) in [6, 6.07) is 11.5. The van der Waals surface area contributed by atoms with Crippen molar-refractivity contribution in [1.82, 2.24) is 0 Å². The lowest BCUT2D eigenvalue weighted by Crippen LogP contribution is -2.21. The Morgan fingerprint density at radius 2 is 2.06 bits per heavy atom. The van der Waals surface area contributed by atoms with Gasteiger partial charge >= 0.3 is 5.97 Å². The number of nitrogens with zero attached hydrogens (tertiary/aromatic N) is 1. The van der Waals surface area contributed by atoms with Gasteiger partial charge in [-0.1, -0.05) is 37.3 Å². The molecule has 0 saturated carbocycles. The maximum atomic E-state index is 11.5. The molecule has 0 N–H and O–H groups in total. The molecule has 0 spiro atoms. The van der Waals surface area contributed by atoms with E-state index in [0.717, 1.165) is 5.56 Å². The van der Waals surface area contributed by atoms with Gasteiger partial charge in [0.25, 0.3) is 0 Å². The van der Waals surface area contributed by atoms with Gasteiger partial charge in [-0.25, -0.2) is 0 Å². The highest BCUT2D eigenvalue weighted by Crippen LogP contribution is 2.24.